The summed E-state index contributed by atoms with van der Waals surface area (Å²) in [5.74, 6) is 0. The second-order valence-corrected chi connectivity index (χ2v) is 16.8. The average molecular weight is 666 g/mol. The first-order valence-corrected chi connectivity index (χ1v) is 15.2. The van der Waals surface area contributed by atoms with Crippen LogP contribution in [0, 0.1) is 0 Å². The molecule has 0 aliphatic carbocycles. The maximum atomic E-state index is 13.3. The van der Waals surface area contributed by atoms with Crippen molar-refractivity contribution < 1.29 is 25.6 Å². The van der Waals surface area contributed by atoms with Crippen molar-refractivity contribution in [3.05, 3.63) is 60.7 Å². The Hall–Kier alpha value is -0.420. The van der Waals surface area contributed by atoms with Gasteiger partial charge in [0.1, 0.15) is 0 Å². The van der Waals surface area contributed by atoms with Crippen LogP contribution in [0.4, 0.5) is 20.2 Å². The number of benzene rings is 2. The molecule has 0 heterocycles. The van der Waals surface area contributed by atoms with E-state index in [0.29, 0.717) is 0 Å². The molecule has 0 fully saturated rings. The van der Waals surface area contributed by atoms with Crippen LogP contribution in [-0.4, -0.2) is 61.5 Å². The highest BCUT2D eigenvalue weighted by molar-refractivity contribution is 8.16. The van der Waals surface area contributed by atoms with Crippen LogP contribution < -0.4 is 7.42 Å². The van der Waals surface area contributed by atoms with Gasteiger partial charge in [0.05, 0.1) is 11.4 Å². The summed E-state index contributed by atoms with van der Waals surface area (Å²) >= 11 is 21.2. The van der Waals surface area contributed by atoms with Gasteiger partial charge in [-0.15, -0.1) is 0 Å². The van der Waals surface area contributed by atoms with E-state index < -0.39 is 28.3 Å². The van der Waals surface area contributed by atoms with Crippen molar-refractivity contribution in [2.45, 2.75) is 7.84 Å². The summed E-state index contributed by atoms with van der Waals surface area (Å²) in [5.41, 5.74) is 0.499. The molecule has 0 aromatic heterocycles. The number of halogens is 6. The van der Waals surface area contributed by atoms with Gasteiger partial charge in [-0.2, -0.15) is 41.6 Å². The molecular weight excluding hydrogens is 644 g/mol. The van der Waals surface area contributed by atoms with Crippen molar-refractivity contribution in [3.63, 3.8) is 0 Å². The quantitative estimate of drug-likeness (QED) is 0.228. The Bertz CT molecular complexity index is 1080. The predicted octanol–water partition coefficient (Wildman–Crippen LogP) is 6.01. The van der Waals surface area contributed by atoms with E-state index in [9.17, 15) is 25.6 Å². The molecular formula is C18H22Cl4F2N4O4S4. The predicted molar refractivity (Wildman–Crippen MR) is 149 cm³/mol. The number of hydrogen-bond donors (Lipinski definition) is 0. The zero-order chi connectivity index (χ0) is 27.9. The van der Waals surface area contributed by atoms with E-state index in [4.69, 9.17) is 46.4 Å². The number of rotatable bonds is 10. The van der Waals surface area contributed by atoms with E-state index >= 15 is 0 Å². The van der Waals surface area contributed by atoms with Crippen molar-refractivity contribution in [1.29, 1.82) is 0 Å². The Kier molecular flexibility index (Phi) is 12.7. The molecule has 0 N–H and O–H groups in total. The fourth-order valence-electron chi connectivity index (χ4n) is 2.05. The van der Waals surface area contributed by atoms with E-state index in [1.54, 1.807) is 36.4 Å². The normalized spacial score (nSPS) is 12.8. The van der Waals surface area contributed by atoms with Gasteiger partial charge < -0.3 is 0 Å². The largest absolute Gasteiger partial charge is 0.324 e. The summed E-state index contributed by atoms with van der Waals surface area (Å²) in [7, 11) is -2.50. The van der Waals surface area contributed by atoms with E-state index in [0.717, 1.165) is 16.0 Å². The van der Waals surface area contributed by atoms with Gasteiger partial charge in [-0.1, -0.05) is 82.8 Å². The lowest BCUT2D eigenvalue weighted by atomic mass is 10.3. The Morgan fingerprint density at radius 3 is 1.06 bits per heavy atom. The summed E-state index contributed by atoms with van der Waals surface area (Å²) < 4.78 is 72.6. The standard InChI is InChI=1S/2C9H11Cl2FN2O2S2/c2*1-13(2)18(15,16)14(17-9(10,11)12)8-6-4-3-5-7-8/h2*3-7H,1-2H3. The van der Waals surface area contributed by atoms with Crippen LogP contribution in [0.15, 0.2) is 60.7 Å². The molecule has 0 bridgehead atoms. The second kappa shape index (κ2) is 13.6. The minimum absolute atomic E-state index is 0.158. The van der Waals surface area contributed by atoms with Crippen molar-refractivity contribution in [1.82, 2.24) is 8.61 Å². The fourth-order valence-corrected chi connectivity index (χ4v) is 7.74. The summed E-state index contributed by atoms with van der Waals surface area (Å²) in [6.45, 7) is 0. The Morgan fingerprint density at radius 1 is 0.611 bits per heavy atom. The first-order valence-electron chi connectivity index (χ1n) is 9.36. The van der Waals surface area contributed by atoms with Gasteiger partial charge in [-0.3, -0.25) is 0 Å². The highest BCUT2D eigenvalue weighted by Crippen LogP contribution is 2.43. The molecule has 0 aliphatic rings. The molecule has 0 saturated carbocycles. The maximum absolute atomic E-state index is 13.3. The summed E-state index contributed by atoms with van der Waals surface area (Å²) in [5, 5.41) is 0. The lowest BCUT2D eigenvalue weighted by Crippen LogP contribution is -2.37. The number of para-hydroxylation sites is 2. The molecule has 8 nitrogen and oxygen atoms in total. The summed E-state index contributed by atoms with van der Waals surface area (Å²) in [6, 6.07) is 15.9. The topological polar surface area (TPSA) is 81.2 Å². The van der Waals surface area contributed by atoms with Crippen molar-refractivity contribution in [3.8, 4) is 0 Å². The van der Waals surface area contributed by atoms with E-state index in [1.165, 1.54) is 52.5 Å². The van der Waals surface area contributed by atoms with Crippen molar-refractivity contribution in [2.24, 2.45) is 0 Å². The highest BCUT2D eigenvalue weighted by atomic mass is 35.5. The number of anilines is 2. The lowest BCUT2D eigenvalue weighted by Gasteiger charge is -2.27. The summed E-state index contributed by atoms with van der Waals surface area (Å²) in [6.07, 6.45) is 0. The van der Waals surface area contributed by atoms with Gasteiger partial charge in [-0.25, -0.2) is 0 Å². The van der Waals surface area contributed by atoms with E-state index in [-0.39, 0.29) is 35.3 Å². The monoisotopic (exact) mass is 664 g/mol. The van der Waals surface area contributed by atoms with E-state index in [1.807, 2.05) is 0 Å². The zero-order valence-electron chi connectivity index (χ0n) is 19.1. The third-order valence-electron chi connectivity index (χ3n) is 3.65. The lowest BCUT2D eigenvalue weighted by molar-refractivity contribution is 0.510. The minimum Gasteiger partial charge on any atom is -0.194 e. The first kappa shape index (κ1) is 33.6. The number of nitrogens with zero attached hydrogens (tertiary/aromatic N) is 4. The van der Waals surface area contributed by atoms with Crippen LogP contribution in [0.25, 0.3) is 0 Å². The molecule has 0 saturated heterocycles. The van der Waals surface area contributed by atoms with Crippen LogP contribution in [0.5, 0.6) is 0 Å². The zero-order valence-corrected chi connectivity index (χ0v) is 25.4. The molecule has 0 radical (unpaired) electrons. The first-order chi connectivity index (χ1) is 16.3. The van der Waals surface area contributed by atoms with Crippen molar-refractivity contribution in [2.75, 3.05) is 35.6 Å². The number of alkyl halides is 6. The van der Waals surface area contributed by atoms with Crippen LogP contribution in [0.1, 0.15) is 0 Å². The van der Waals surface area contributed by atoms with Gasteiger partial charge in [0.25, 0.3) is 0 Å². The summed E-state index contributed by atoms with van der Waals surface area (Å²) in [4.78, 5) is 0. The maximum Gasteiger partial charge on any atom is 0.324 e. The molecule has 0 amide bonds. The van der Waals surface area contributed by atoms with Gasteiger partial charge in [0.15, 0.2) is 0 Å². The van der Waals surface area contributed by atoms with Gasteiger partial charge in [0.2, 0.25) is 0 Å². The molecule has 0 unspecified atom stereocenters. The van der Waals surface area contributed by atoms with Crippen LogP contribution in [-0.2, 0) is 20.4 Å². The van der Waals surface area contributed by atoms with Crippen molar-refractivity contribution >= 4 is 102 Å². The Morgan fingerprint density at radius 2 is 0.861 bits per heavy atom. The van der Waals surface area contributed by atoms with Crippen LogP contribution in [0.2, 0.25) is 0 Å². The third kappa shape index (κ3) is 10.8. The SMILES string of the molecule is CN(C)S(=O)(=O)N(SC(F)(Cl)Cl)c1ccccc1.CN(C)S(=O)(=O)N(SC(F)(Cl)Cl)c1ccccc1. The van der Waals surface area contributed by atoms with Crippen LogP contribution >= 0.6 is 70.3 Å². The molecule has 204 valence electrons. The Balaban J connectivity index is 0.000000360. The van der Waals surface area contributed by atoms with Gasteiger partial charge >= 0.3 is 28.3 Å². The molecule has 2 aromatic rings. The molecule has 0 atom stereocenters. The molecule has 18 heteroatoms. The number of hydrogen-bond acceptors (Lipinski definition) is 6. The molecule has 0 aliphatic heterocycles. The second-order valence-electron chi connectivity index (χ2n) is 6.78. The van der Waals surface area contributed by atoms with Gasteiger partial charge in [0, 0.05) is 52.1 Å². The highest BCUT2D eigenvalue weighted by Gasteiger charge is 2.37. The van der Waals surface area contributed by atoms with Gasteiger partial charge in [-0.05, 0) is 24.3 Å². The third-order valence-corrected chi connectivity index (χ3v) is 10.3. The molecule has 0 spiro atoms. The van der Waals surface area contributed by atoms with Crippen LogP contribution in [0.3, 0.4) is 0 Å². The molecule has 2 aromatic carbocycles. The molecule has 36 heavy (non-hydrogen) atoms. The Labute approximate surface area is 239 Å². The minimum atomic E-state index is -3.90. The smallest absolute Gasteiger partial charge is 0.194 e. The molecule has 2 rings (SSSR count). The van der Waals surface area contributed by atoms with E-state index in [2.05, 4.69) is 0 Å². The average Bonchev–Trinajstić information content (AvgIpc) is 2.76. The fraction of sp³-hybridized carbons (Fsp3) is 0.333.